The first-order chi connectivity index (χ1) is 5.29. The molecule has 0 aliphatic carbocycles. The van der Waals surface area contributed by atoms with Crippen LogP contribution < -0.4 is 0 Å². The van der Waals surface area contributed by atoms with Crippen LogP contribution >= 0.6 is 0 Å². The SMILES string of the molecule is CC1OC1N1CCOCC1C. The highest BCUT2D eigenvalue weighted by molar-refractivity contribution is 4.85. The van der Waals surface area contributed by atoms with E-state index in [4.69, 9.17) is 9.47 Å². The maximum absolute atomic E-state index is 5.40. The van der Waals surface area contributed by atoms with Crippen LogP contribution in [0.1, 0.15) is 13.8 Å². The summed E-state index contributed by atoms with van der Waals surface area (Å²) < 4.78 is 10.7. The van der Waals surface area contributed by atoms with Gasteiger partial charge >= 0.3 is 0 Å². The molecule has 0 aromatic carbocycles. The van der Waals surface area contributed by atoms with Gasteiger partial charge in [0.1, 0.15) is 6.23 Å². The molecule has 0 bridgehead atoms. The summed E-state index contributed by atoms with van der Waals surface area (Å²) in [7, 11) is 0. The molecule has 0 spiro atoms. The van der Waals surface area contributed by atoms with Crippen LogP contribution in [0.15, 0.2) is 0 Å². The number of morpholine rings is 1. The molecule has 3 heteroatoms. The Kier molecular flexibility index (Phi) is 1.87. The van der Waals surface area contributed by atoms with Crippen LogP contribution in [0.4, 0.5) is 0 Å². The fourth-order valence-corrected chi connectivity index (χ4v) is 1.64. The van der Waals surface area contributed by atoms with Crippen LogP contribution in [0.2, 0.25) is 0 Å². The molecule has 3 unspecified atom stereocenters. The van der Waals surface area contributed by atoms with E-state index in [0.717, 1.165) is 19.8 Å². The number of rotatable bonds is 1. The standard InChI is InChI=1S/C8H15NO2/c1-6-5-10-4-3-9(6)8-7(2)11-8/h6-8H,3-5H2,1-2H3. The lowest BCUT2D eigenvalue weighted by Gasteiger charge is -2.31. The third-order valence-electron chi connectivity index (χ3n) is 2.42. The Balaban J connectivity index is 1.90. The number of ether oxygens (including phenoxy) is 2. The van der Waals surface area contributed by atoms with Gasteiger partial charge in [0.25, 0.3) is 0 Å². The Morgan fingerprint density at radius 1 is 1.36 bits per heavy atom. The Morgan fingerprint density at radius 2 is 2.09 bits per heavy atom. The molecule has 0 saturated carbocycles. The van der Waals surface area contributed by atoms with Gasteiger partial charge in [-0.1, -0.05) is 0 Å². The van der Waals surface area contributed by atoms with Crippen molar-refractivity contribution in [2.24, 2.45) is 0 Å². The lowest BCUT2D eigenvalue weighted by atomic mass is 10.2. The van der Waals surface area contributed by atoms with Gasteiger partial charge in [-0.15, -0.1) is 0 Å². The Morgan fingerprint density at radius 3 is 2.64 bits per heavy atom. The van der Waals surface area contributed by atoms with Gasteiger partial charge in [0.15, 0.2) is 0 Å². The maximum Gasteiger partial charge on any atom is 0.137 e. The quantitative estimate of drug-likeness (QED) is 0.517. The predicted octanol–water partition coefficient (Wildman–Crippen LogP) is 0.452. The summed E-state index contributed by atoms with van der Waals surface area (Å²) in [5.41, 5.74) is 0. The van der Waals surface area contributed by atoms with Gasteiger partial charge in [0, 0.05) is 12.6 Å². The first-order valence-corrected chi connectivity index (χ1v) is 4.28. The minimum absolute atomic E-state index is 0.383. The Bertz CT molecular complexity index is 149. The summed E-state index contributed by atoms with van der Waals surface area (Å²) in [6.07, 6.45) is 0.824. The number of nitrogens with zero attached hydrogens (tertiary/aromatic N) is 1. The second-order valence-electron chi connectivity index (χ2n) is 3.39. The van der Waals surface area contributed by atoms with Crippen molar-refractivity contribution in [2.75, 3.05) is 19.8 Å². The Hall–Kier alpha value is -0.120. The van der Waals surface area contributed by atoms with E-state index in [1.807, 2.05) is 0 Å². The molecule has 3 atom stereocenters. The monoisotopic (exact) mass is 157 g/mol. The topological polar surface area (TPSA) is 25.0 Å². The highest BCUT2D eigenvalue weighted by atomic mass is 16.6. The molecule has 11 heavy (non-hydrogen) atoms. The zero-order chi connectivity index (χ0) is 7.84. The van der Waals surface area contributed by atoms with Crippen molar-refractivity contribution in [3.63, 3.8) is 0 Å². The molecule has 64 valence electrons. The van der Waals surface area contributed by atoms with Crippen LogP contribution in [0.3, 0.4) is 0 Å². The summed E-state index contributed by atoms with van der Waals surface area (Å²) in [5, 5.41) is 0. The van der Waals surface area contributed by atoms with Gasteiger partial charge in [0.05, 0.1) is 19.3 Å². The minimum atomic E-state index is 0.383. The first-order valence-electron chi connectivity index (χ1n) is 4.28. The summed E-state index contributed by atoms with van der Waals surface area (Å²) in [6.45, 7) is 7.04. The molecule has 0 N–H and O–H groups in total. The number of hydrogen-bond donors (Lipinski definition) is 0. The summed E-state index contributed by atoms with van der Waals surface area (Å²) in [5.74, 6) is 0. The van der Waals surface area contributed by atoms with E-state index in [1.54, 1.807) is 0 Å². The highest BCUT2D eigenvalue weighted by Crippen LogP contribution is 2.27. The van der Waals surface area contributed by atoms with Crippen molar-refractivity contribution in [2.45, 2.75) is 32.2 Å². The highest BCUT2D eigenvalue weighted by Gasteiger charge is 2.42. The van der Waals surface area contributed by atoms with Crippen molar-refractivity contribution in [1.29, 1.82) is 0 Å². The second-order valence-corrected chi connectivity index (χ2v) is 3.39. The third kappa shape index (κ3) is 1.41. The summed E-state index contributed by atoms with van der Waals surface area (Å²) >= 11 is 0. The molecule has 0 radical (unpaired) electrons. The van der Waals surface area contributed by atoms with Gasteiger partial charge in [-0.25, -0.2) is 0 Å². The first kappa shape index (κ1) is 7.53. The summed E-state index contributed by atoms with van der Waals surface area (Å²) in [6, 6.07) is 0.527. The molecule has 2 saturated heterocycles. The van der Waals surface area contributed by atoms with Crippen LogP contribution in [0.25, 0.3) is 0 Å². The van der Waals surface area contributed by atoms with Crippen molar-refractivity contribution < 1.29 is 9.47 Å². The number of epoxide rings is 1. The molecule has 3 nitrogen and oxygen atoms in total. The number of hydrogen-bond acceptors (Lipinski definition) is 3. The van der Waals surface area contributed by atoms with E-state index in [-0.39, 0.29) is 0 Å². The van der Waals surface area contributed by atoms with Gasteiger partial charge in [-0.3, -0.25) is 4.90 Å². The molecular weight excluding hydrogens is 142 g/mol. The van der Waals surface area contributed by atoms with Crippen molar-refractivity contribution in [1.82, 2.24) is 4.90 Å². The average Bonchev–Trinajstić information content (AvgIpc) is 2.68. The predicted molar refractivity (Wildman–Crippen MR) is 41.3 cm³/mol. The summed E-state index contributed by atoms with van der Waals surface area (Å²) in [4.78, 5) is 2.38. The molecule has 0 aromatic rings. The van der Waals surface area contributed by atoms with Crippen molar-refractivity contribution >= 4 is 0 Å². The minimum Gasteiger partial charge on any atom is -0.379 e. The zero-order valence-corrected chi connectivity index (χ0v) is 7.12. The molecule has 0 aromatic heterocycles. The van der Waals surface area contributed by atoms with Crippen LogP contribution in [0, 0.1) is 0 Å². The Labute approximate surface area is 67.3 Å². The lowest BCUT2D eigenvalue weighted by molar-refractivity contribution is -0.0216. The normalized spacial score (nSPS) is 45.8. The largest absolute Gasteiger partial charge is 0.379 e. The van der Waals surface area contributed by atoms with Crippen LogP contribution in [0.5, 0.6) is 0 Å². The molecule has 0 amide bonds. The molecule has 2 fully saturated rings. The smallest absolute Gasteiger partial charge is 0.137 e. The molecule has 2 heterocycles. The van der Waals surface area contributed by atoms with Gasteiger partial charge < -0.3 is 9.47 Å². The van der Waals surface area contributed by atoms with E-state index in [2.05, 4.69) is 18.7 Å². The second kappa shape index (κ2) is 2.73. The van der Waals surface area contributed by atoms with E-state index in [9.17, 15) is 0 Å². The third-order valence-corrected chi connectivity index (χ3v) is 2.42. The van der Waals surface area contributed by atoms with E-state index >= 15 is 0 Å². The average molecular weight is 157 g/mol. The fraction of sp³-hybridized carbons (Fsp3) is 1.00. The molecule has 2 aliphatic rings. The van der Waals surface area contributed by atoms with E-state index < -0.39 is 0 Å². The van der Waals surface area contributed by atoms with Crippen LogP contribution in [-0.4, -0.2) is 43.0 Å². The van der Waals surface area contributed by atoms with Gasteiger partial charge in [-0.2, -0.15) is 0 Å². The van der Waals surface area contributed by atoms with Crippen LogP contribution in [-0.2, 0) is 9.47 Å². The molecule has 2 aliphatic heterocycles. The molecular formula is C8H15NO2. The van der Waals surface area contributed by atoms with Gasteiger partial charge in [0.2, 0.25) is 0 Å². The maximum atomic E-state index is 5.40. The fourth-order valence-electron chi connectivity index (χ4n) is 1.64. The van der Waals surface area contributed by atoms with Crippen molar-refractivity contribution in [3.8, 4) is 0 Å². The van der Waals surface area contributed by atoms with Gasteiger partial charge in [-0.05, 0) is 13.8 Å². The van der Waals surface area contributed by atoms with Crippen molar-refractivity contribution in [3.05, 3.63) is 0 Å². The van der Waals surface area contributed by atoms with E-state index in [1.165, 1.54) is 0 Å². The zero-order valence-electron chi connectivity index (χ0n) is 7.12. The van der Waals surface area contributed by atoms with E-state index in [0.29, 0.717) is 18.4 Å². The lowest BCUT2D eigenvalue weighted by Crippen LogP contribution is -2.45. The molecule has 2 rings (SSSR count).